The smallest absolute Gasteiger partial charge is 0.223 e. The van der Waals surface area contributed by atoms with Crippen LogP contribution in [0, 0.1) is 6.92 Å². The number of benzene rings is 1. The maximum Gasteiger partial charge on any atom is 0.223 e. The first-order valence-electron chi connectivity index (χ1n) is 7.22. The standard InChI is InChI=1S/C18H21NO2S/c1-14-6-8-15(9-7-14)4-3-5-17(20)19-13-18(2,21)16-10-11-22-12-16/h3-4,6-12,21H,5,13H2,1-2H3,(H,19,20). The van der Waals surface area contributed by atoms with Crippen molar-refractivity contribution < 1.29 is 9.90 Å². The Morgan fingerprint density at radius 2 is 2.05 bits per heavy atom. The minimum atomic E-state index is -1.03. The lowest BCUT2D eigenvalue weighted by molar-refractivity contribution is -0.121. The lowest BCUT2D eigenvalue weighted by Gasteiger charge is -2.22. The zero-order valence-corrected chi connectivity index (χ0v) is 13.7. The van der Waals surface area contributed by atoms with Crippen LogP contribution in [0.3, 0.4) is 0 Å². The highest BCUT2D eigenvalue weighted by Crippen LogP contribution is 2.21. The van der Waals surface area contributed by atoms with E-state index in [0.717, 1.165) is 11.1 Å². The van der Waals surface area contributed by atoms with E-state index < -0.39 is 5.60 Å². The highest BCUT2D eigenvalue weighted by Gasteiger charge is 2.23. The van der Waals surface area contributed by atoms with E-state index in [-0.39, 0.29) is 12.5 Å². The lowest BCUT2D eigenvalue weighted by Crippen LogP contribution is -2.38. The van der Waals surface area contributed by atoms with Gasteiger partial charge in [-0.15, -0.1) is 0 Å². The first-order chi connectivity index (χ1) is 10.5. The van der Waals surface area contributed by atoms with Crippen LogP contribution in [0.2, 0.25) is 0 Å². The fourth-order valence-electron chi connectivity index (χ4n) is 2.00. The molecular formula is C18H21NO2S. The maximum absolute atomic E-state index is 11.8. The Bertz CT molecular complexity index is 628. The van der Waals surface area contributed by atoms with Crippen molar-refractivity contribution in [3.63, 3.8) is 0 Å². The Balaban J connectivity index is 1.79. The van der Waals surface area contributed by atoms with E-state index in [4.69, 9.17) is 0 Å². The van der Waals surface area contributed by atoms with Gasteiger partial charge in [0.15, 0.2) is 0 Å². The lowest BCUT2D eigenvalue weighted by atomic mass is 9.99. The van der Waals surface area contributed by atoms with Gasteiger partial charge in [0.1, 0.15) is 5.60 Å². The Kier molecular flexibility index (Phi) is 5.52. The maximum atomic E-state index is 11.8. The number of nitrogens with one attached hydrogen (secondary N) is 1. The molecule has 3 nitrogen and oxygen atoms in total. The summed E-state index contributed by atoms with van der Waals surface area (Å²) >= 11 is 1.53. The number of carbonyl (C=O) groups excluding carboxylic acids is 1. The van der Waals surface area contributed by atoms with E-state index in [1.54, 1.807) is 6.92 Å². The largest absolute Gasteiger partial charge is 0.384 e. The second-order valence-electron chi connectivity index (χ2n) is 5.58. The Morgan fingerprint density at radius 1 is 1.32 bits per heavy atom. The molecule has 1 unspecified atom stereocenters. The normalized spacial score (nSPS) is 14.0. The van der Waals surface area contributed by atoms with Gasteiger partial charge in [-0.1, -0.05) is 42.0 Å². The highest BCUT2D eigenvalue weighted by molar-refractivity contribution is 7.08. The molecule has 0 fully saturated rings. The van der Waals surface area contributed by atoms with E-state index in [1.807, 2.05) is 60.2 Å². The predicted molar refractivity (Wildman–Crippen MR) is 91.7 cm³/mol. The van der Waals surface area contributed by atoms with E-state index in [9.17, 15) is 9.90 Å². The third-order valence-electron chi connectivity index (χ3n) is 3.46. The van der Waals surface area contributed by atoms with Crippen LogP contribution < -0.4 is 5.32 Å². The fraction of sp³-hybridized carbons (Fsp3) is 0.278. The summed E-state index contributed by atoms with van der Waals surface area (Å²) in [6.45, 7) is 3.96. The molecule has 1 amide bonds. The number of aliphatic hydroxyl groups is 1. The number of thiophene rings is 1. The van der Waals surface area contributed by atoms with E-state index in [2.05, 4.69) is 5.32 Å². The number of hydrogen-bond acceptors (Lipinski definition) is 3. The summed E-state index contributed by atoms with van der Waals surface area (Å²) in [6, 6.07) is 9.99. The molecule has 1 atom stereocenters. The van der Waals surface area contributed by atoms with Crippen molar-refractivity contribution >= 4 is 23.3 Å². The van der Waals surface area contributed by atoms with E-state index in [1.165, 1.54) is 16.9 Å². The summed E-state index contributed by atoms with van der Waals surface area (Å²) in [6.07, 6.45) is 4.06. The molecule has 4 heteroatoms. The Morgan fingerprint density at radius 3 is 2.68 bits per heavy atom. The van der Waals surface area contributed by atoms with Gasteiger partial charge in [-0.05, 0) is 41.8 Å². The number of aryl methyl sites for hydroxylation is 1. The van der Waals surface area contributed by atoms with Gasteiger partial charge in [0, 0.05) is 6.42 Å². The van der Waals surface area contributed by atoms with Crippen molar-refractivity contribution in [1.29, 1.82) is 0 Å². The molecule has 2 aromatic rings. The summed E-state index contributed by atoms with van der Waals surface area (Å²) in [5.41, 5.74) is 2.08. The van der Waals surface area contributed by atoms with Crippen molar-refractivity contribution in [3.8, 4) is 0 Å². The van der Waals surface area contributed by atoms with Crippen LogP contribution in [0.15, 0.2) is 47.2 Å². The van der Waals surface area contributed by atoms with Crippen molar-refractivity contribution in [1.82, 2.24) is 5.32 Å². The first kappa shape index (κ1) is 16.5. The second-order valence-corrected chi connectivity index (χ2v) is 6.36. The van der Waals surface area contributed by atoms with Crippen LogP contribution in [-0.4, -0.2) is 17.6 Å². The predicted octanol–water partition coefficient (Wildman–Crippen LogP) is 3.48. The number of hydrogen-bond donors (Lipinski definition) is 2. The Hall–Kier alpha value is -1.91. The van der Waals surface area contributed by atoms with Gasteiger partial charge in [-0.3, -0.25) is 4.79 Å². The molecule has 1 aromatic carbocycles. The molecular weight excluding hydrogens is 294 g/mol. The van der Waals surface area contributed by atoms with Crippen LogP contribution in [0.25, 0.3) is 6.08 Å². The van der Waals surface area contributed by atoms with Crippen molar-refractivity contribution in [2.45, 2.75) is 25.9 Å². The van der Waals surface area contributed by atoms with E-state index >= 15 is 0 Å². The number of amides is 1. The molecule has 1 heterocycles. The van der Waals surface area contributed by atoms with Crippen LogP contribution in [0.1, 0.15) is 30.0 Å². The summed E-state index contributed by atoms with van der Waals surface area (Å²) in [7, 11) is 0. The van der Waals surface area contributed by atoms with E-state index in [0.29, 0.717) is 6.42 Å². The molecule has 1 aromatic heterocycles. The first-order valence-corrected chi connectivity index (χ1v) is 8.16. The summed E-state index contributed by atoms with van der Waals surface area (Å²) < 4.78 is 0. The molecule has 0 radical (unpaired) electrons. The second kappa shape index (κ2) is 7.38. The zero-order valence-electron chi connectivity index (χ0n) is 12.9. The molecule has 2 rings (SSSR count). The number of carbonyl (C=O) groups is 1. The van der Waals surface area contributed by atoms with Gasteiger partial charge in [0.2, 0.25) is 5.91 Å². The van der Waals surface area contributed by atoms with Crippen LogP contribution in [-0.2, 0) is 10.4 Å². The molecule has 116 valence electrons. The quantitative estimate of drug-likeness (QED) is 0.857. The van der Waals surface area contributed by atoms with Crippen molar-refractivity contribution in [2.75, 3.05) is 6.54 Å². The molecule has 0 saturated heterocycles. The molecule has 0 aliphatic rings. The Labute approximate surface area is 135 Å². The van der Waals surface area contributed by atoms with Crippen LogP contribution in [0.5, 0.6) is 0 Å². The molecule has 0 aliphatic carbocycles. The summed E-state index contributed by atoms with van der Waals surface area (Å²) in [5.74, 6) is -0.0983. The summed E-state index contributed by atoms with van der Waals surface area (Å²) in [5, 5.41) is 16.9. The molecule has 2 N–H and O–H groups in total. The van der Waals surface area contributed by atoms with Crippen LogP contribution in [0.4, 0.5) is 0 Å². The average Bonchev–Trinajstić information content (AvgIpc) is 3.02. The van der Waals surface area contributed by atoms with Crippen molar-refractivity contribution in [3.05, 3.63) is 63.9 Å². The topological polar surface area (TPSA) is 49.3 Å². The van der Waals surface area contributed by atoms with Gasteiger partial charge in [0.25, 0.3) is 0 Å². The van der Waals surface area contributed by atoms with Gasteiger partial charge in [0.05, 0.1) is 6.54 Å². The molecule has 0 saturated carbocycles. The zero-order chi connectivity index (χ0) is 16.0. The minimum Gasteiger partial charge on any atom is -0.384 e. The fourth-order valence-corrected chi connectivity index (χ4v) is 2.78. The summed E-state index contributed by atoms with van der Waals surface area (Å²) in [4.78, 5) is 11.8. The molecule has 0 spiro atoms. The van der Waals surface area contributed by atoms with Gasteiger partial charge in [-0.25, -0.2) is 0 Å². The third kappa shape index (κ3) is 4.83. The third-order valence-corrected chi connectivity index (χ3v) is 4.15. The van der Waals surface area contributed by atoms with Crippen molar-refractivity contribution in [2.24, 2.45) is 0 Å². The monoisotopic (exact) mass is 315 g/mol. The number of rotatable bonds is 6. The molecule has 0 aliphatic heterocycles. The molecule has 0 bridgehead atoms. The van der Waals surface area contributed by atoms with Crippen LogP contribution >= 0.6 is 11.3 Å². The van der Waals surface area contributed by atoms with Gasteiger partial charge >= 0.3 is 0 Å². The van der Waals surface area contributed by atoms with Gasteiger partial charge < -0.3 is 10.4 Å². The minimum absolute atomic E-state index is 0.0983. The average molecular weight is 315 g/mol. The SMILES string of the molecule is Cc1ccc(C=CCC(=O)NCC(C)(O)c2ccsc2)cc1. The van der Waals surface area contributed by atoms with Gasteiger partial charge in [-0.2, -0.15) is 11.3 Å². The molecule has 22 heavy (non-hydrogen) atoms. The highest BCUT2D eigenvalue weighted by atomic mass is 32.1.